The minimum Gasteiger partial charge on any atom is -0.493 e. The summed E-state index contributed by atoms with van der Waals surface area (Å²) in [6, 6.07) is 3.63. The summed E-state index contributed by atoms with van der Waals surface area (Å²) >= 11 is 0. The molecule has 0 spiro atoms. The maximum Gasteiger partial charge on any atom is 0.189 e. The largest absolute Gasteiger partial charge is 0.493 e. The zero-order valence-corrected chi connectivity index (χ0v) is 13.2. The van der Waals surface area contributed by atoms with Gasteiger partial charge in [-0.15, -0.1) is 0 Å². The highest BCUT2D eigenvalue weighted by Gasteiger charge is 2.27. The molecule has 1 aromatic rings. The van der Waals surface area contributed by atoms with Crippen molar-refractivity contribution in [2.75, 3.05) is 14.2 Å². The van der Waals surface area contributed by atoms with Crippen LogP contribution >= 0.6 is 0 Å². The summed E-state index contributed by atoms with van der Waals surface area (Å²) in [5, 5.41) is 0. The van der Waals surface area contributed by atoms with Crippen LogP contribution < -0.4 is 9.47 Å². The number of benzene rings is 1. The van der Waals surface area contributed by atoms with E-state index in [1.54, 1.807) is 26.4 Å². The molecule has 1 aliphatic carbocycles. The molecule has 114 valence electrons. The number of hydrogen-bond acceptors (Lipinski definition) is 3. The van der Waals surface area contributed by atoms with E-state index in [0.29, 0.717) is 23.5 Å². The van der Waals surface area contributed by atoms with Crippen LogP contribution in [0.4, 0.5) is 0 Å². The number of ketones is 1. The molecule has 0 saturated heterocycles. The van der Waals surface area contributed by atoms with Gasteiger partial charge >= 0.3 is 0 Å². The van der Waals surface area contributed by atoms with Crippen LogP contribution in [0, 0.1) is 0 Å². The van der Waals surface area contributed by atoms with Crippen molar-refractivity contribution in [3.63, 3.8) is 0 Å². The van der Waals surface area contributed by atoms with Gasteiger partial charge < -0.3 is 9.47 Å². The van der Waals surface area contributed by atoms with Gasteiger partial charge in [0, 0.05) is 17.6 Å². The monoisotopic (exact) mass is 296 g/mol. The maximum absolute atomic E-state index is 12.6. The van der Waals surface area contributed by atoms with Crippen LogP contribution in [0.2, 0.25) is 0 Å². The van der Waals surface area contributed by atoms with Crippen LogP contribution in [0.15, 0.2) is 60.2 Å². The van der Waals surface area contributed by atoms with Gasteiger partial charge in [0.15, 0.2) is 17.3 Å². The lowest BCUT2D eigenvalue weighted by Gasteiger charge is -2.08. The topological polar surface area (TPSA) is 35.5 Å². The summed E-state index contributed by atoms with van der Waals surface area (Å²) in [5.74, 6) is 1.26. The first-order valence-electron chi connectivity index (χ1n) is 7.10. The number of allylic oxidation sites excluding steroid dienone is 7. The van der Waals surface area contributed by atoms with E-state index in [0.717, 1.165) is 16.7 Å². The molecule has 22 heavy (non-hydrogen) atoms. The molecule has 0 amide bonds. The van der Waals surface area contributed by atoms with Crippen molar-refractivity contribution in [1.29, 1.82) is 0 Å². The second-order valence-electron chi connectivity index (χ2n) is 4.94. The van der Waals surface area contributed by atoms with Crippen molar-refractivity contribution in [3.8, 4) is 11.5 Å². The van der Waals surface area contributed by atoms with Crippen molar-refractivity contribution in [2.45, 2.75) is 13.3 Å². The molecule has 0 saturated carbocycles. The lowest BCUT2D eigenvalue weighted by Crippen LogP contribution is -1.98. The smallest absolute Gasteiger partial charge is 0.189 e. The Morgan fingerprint density at radius 2 is 1.91 bits per heavy atom. The van der Waals surface area contributed by atoms with Gasteiger partial charge in [-0.05, 0) is 36.3 Å². The highest BCUT2D eigenvalue weighted by molar-refractivity contribution is 6.13. The number of carbonyl (C=O) groups excluding carboxylic acids is 1. The van der Waals surface area contributed by atoms with Gasteiger partial charge in [0.1, 0.15) is 0 Å². The SMILES string of the molecule is C=C/C=C(\C=C/C)/C=C1\Cc2cc(OC)c(OC)cc2C1=O. The first-order valence-corrected chi connectivity index (χ1v) is 7.10. The van der Waals surface area contributed by atoms with Gasteiger partial charge in [0.2, 0.25) is 0 Å². The number of fused-ring (bicyclic) bond motifs is 1. The Labute approximate surface area is 131 Å². The van der Waals surface area contributed by atoms with E-state index in [2.05, 4.69) is 6.58 Å². The summed E-state index contributed by atoms with van der Waals surface area (Å²) in [4.78, 5) is 12.6. The molecule has 0 unspecified atom stereocenters. The summed E-state index contributed by atoms with van der Waals surface area (Å²) in [6.07, 6.45) is 9.98. The van der Waals surface area contributed by atoms with E-state index in [4.69, 9.17) is 9.47 Å². The molecule has 0 radical (unpaired) electrons. The molecule has 2 rings (SSSR count). The second kappa shape index (κ2) is 6.94. The Morgan fingerprint density at radius 3 is 2.50 bits per heavy atom. The average molecular weight is 296 g/mol. The number of rotatable bonds is 5. The Hall–Kier alpha value is -2.55. The van der Waals surface area contributed by atoms with E-state index in [1.165, 1.54) is 0 Å². The molecule has 0 heterocycles. The van der Waals surface area contributed by atoms with Crippen molar-refractivity contribution >= 4 is 5.78 Å². The van der Waals surface area contributed by atoms with Gasteiger partial charge in [0.25, 0.3) is 0 Å². The van der Waals surface area contributed by atoms with Crippen LogP contribution in [0.25, 0.3) is 0 Å². The Balaban J connectivity index is 2.43. The summed E-state index contributed by atoms with van der Waals surface area (Å²) in [5.41, 5.74) is 3.36. The molecule has 3 heteroatoms. The average Bonchev–Trinajstić information content (AvgIpc) is 2.82. The van der Waals surface area contributed by atoms with E-state index in [9.17, 15) is 4.79 Å². The molecule has 3 nitrogen and oxygen atoms in total. The minimum absolute atomic E-state index is 0.0374. The molecular formula is C19H20O3. The Kier molecular flexibility index (Phi) is 4.99. The fraction of sp³-hybridized carbons (Fsp3) is 0.211. The number of hydrogen-bond donors (Lipinski definition) is 0. The summed E-state index contributed by atoms with van der Waals surface area (Å²) < 4.78 is 10.6. The van der Waals surface area contributed by atoms with Crippen LogP contribution in [0.3, 0.4) is 0 Å². The molecule has 1 aromatic carbocycles. The van der Waals surface area contributed by atoms with Gasteiger partial charge in [0.05, 0.1) is 14.2 Å². The van der Waals surface area contributed by atoms with Crippen molar-refractivity contribution < 1.29 is 14.3 Å². The Bertz CT molecular complexity index is 691. The third kappa shape index (κ3) is 3.03. The van der Waals surface area contributed by atoms with E-state index in [1.807, 2.05) is 37.3 Å². The molecule has 0 N–H and O–H groups in total. The summed E-state index contributed by atoms with van der Waals surface area (Å²) in [7, 11) is 3.16. The molecule has 0 atom stereocenters. The molecular weight excluding hydrogens is 276 g/mol. The standard InChI is InChI=1S/C19H20O3/c1-5-7-13(8-6-2)9-15-10-14-11-17(21-3)18(22-4)12-16(14)19(15)20/h5-9,11-12H,1,10H2,2-4H3/b8-6-,13-7+,15-9+. The predicted molar refractivity (Wildman–Crippen MR) is 88.8 cm³/mol. The van der Waals surface area contributed by atoms with Crippen LogP contribution in [-0.4, -0.2) is 20.0 Å². The van der Waals surface area contributed by atoms with E-state index < -0.39 is 0 Å². The highest BCUT2D eigenvalue weighted by atomic mass is 16.5. The van der Waals surface area contributed by atoms with Crippen LogP contribution in [0.1, 0.15) is 22.8 Å². The third-order valence-corrected chi connectivity index (χ3v) is 3.54. The van der Waals surface area contributed by atoms with E-state index >= 15 is 0 Å². The minimum atomic E-state index is 0.0374. The molecule has 1 aliphatic rings. The van der Waals surface area contributed by atoms with Gasteiger partial charge in [-0.3, -0.25) is 4.79 Å². The van der Waals surface area contributed by atoms with Gasteiger partial charge in [-0.1, -0.05) is 30.9 Å². The molecule has 0 bridgehead atoms. The first kappa shape index (κ1) is 15.8. The summed E-state index contributed by atoms with van der Waals surface area (Å²) in [6.45, 7) is 5.64. The fourth-order valence-corrected chi connectivity index (χ4v) is 2.54. The normalized spacial score (nSPS) is 16.2. The third-order valence-electron chi connectivity index (χ3n) is 3.54. The molecule has 0 fully saturated rings. The second-order valence-corrected chi connectivity index (χ2v) is 4.94. The molecule has 0 aromatic heterocycles. The maximum atomic E-state index is 12.6. The van der Waals surface area contributed by atoms with Crippen molar-refractivity contribution in [2.24, 2.45) is 0 Å². The highest BCUT2D eigenvalue weighted by Crippen LogP contribution is 2.36. The van der Waals surface area contributed by atoms with E-state index in [-0.39, 0.29) is 5.78 Å². The van der Waals surface area contributed by atoms with Gasteiger partial charge in [-0.2, -0.15) is 0 Å². The van der Waals surface area contributed by atoms with Gasteiger partial charge in [-0.25, -0.2) is 0 Å². The predicted octanol–water partition coefficient (Wildman–Crippen LogP) is 4.06. The number of carbonyl (C=O) groups is 1. The first-order chi connectivity index (χ1) is 10.6. The molecule has 0 aliphatic heterocycles. The number of methoxy groups -OCH3 is 2. The number of ether oxygens (including phenoxy) is 2. The van der Waals surface area contributed by atoms with Crippen LogP contribution in [0.5, 0.6) is 11.5 Å². The number of Topliss-reactive ketones (excluding diaryl/α,β-unsaturated/α-hetero) is 1. The quantitative estimate of drug-likeness (QED) is 0.607. The zero-order valence-electron chi connectivity index (χ0n) is 13.2. The fourth-order valence-electron chi connectivity index (χ4n) is 2.54. The zero-order chi connectivity index (χ0) is 16.1. The van der Waals surface area contributed by atoms with Crippen molar-refractivity contribution in [3.05, 3.63) is 71.4 Å². The lowest BCUT2D eigenvalue weighted by atomic mass is 10.1. The Morgan fingerprint density at radius 1 is 1.23 bits per heavy atom. The van der Waals surface area contributed by atoms with Crippen molar-refractivity contribution in [1.82, 2.24) is 0 Å². The lowest BCUT2D eigenvalue weighted by molar-refractivity contribution is 0.103. The van der Waals surface area contributed by atoms with Crippen LogP contribution in [-0.2, 0) is 6.42 Å².